The van der Waals surface area contributed by atoms with Gasteiger partial charge in [0.05, 0.1) is 6.61 Å². The van der Waals surface area contributed by atoms with Crippen molar-refractivity contribution in [3.05, 3.63) is 0 Å². The van der Waals surface area contributed by atoms with Gasteiger partial charge < -0.3 is 15.0 Å². The molecule has 1 N–H and O–H groups in total. The van der Waals surface area contributed by atoms with Crippen LogP contribution in [0.2, 0.25) is 0 Å². The first-order valence-electron chi connectivity index (χ1n) is 7.58. The zero-order valence-electron chi connectivity index (χ0n) is 12.7. The van der Waals surface area contributed by atoms with Gasteiger partial charge in [0, 0.05) is 39.3 Å². The van der Waals surface area contributed by atoms with E-state index in [2.05, 4.69) is 37.9 Å². The zero-order valence-corrected chi connectivity index (χ0v) is 12.7. The predicted octanol–water partition coefficient (Wildman–Crippen LogP) is 2.23. The Morgan fingerprint density at radius 1 is 1.17 bits per heavy atom. The van der Waals surface area contributed by atoms with Crippen molar-refractivity contribution in [1.82, 2.24) is 10.2 Å². The topological polar surface area (TPSA) is 24.5 Å². The maximum Gasteiger partial charge on any atom is 0.0507 e. The fourth-order valence-corrected chi connectivity index (χ4v) is 2.58. The number of rotatable bonds is 9. The summed E-state index contributed by atoms with van der Waals surface area (Å²) in [5.41, 5.74) is 0. The smallest absolute Gasteiger partial charge is 0.0507 e. The summed E-state index contributed by atoms with van der Waals surface area (Å²) in [6.45, 7) is 16.9. The molecule has 1 aliphatic rings. The van der Waals surface area contributed by atoms with Crippen molar-refractivity contribution in [2.75, 3.05) is 45.9 Å². The third kappa shape index (κ3) is 7.34. The fraction of sp³-hybridized carbons (Fsp3) is 1.00. The van der Waals surface area contributed by atoms with Crippen LogP contribution < -0.4 is 5.32 Å². The molecule has 3 heteroatoms. The van der Waals surface area contributed by atoms with E-state index < -0.39 is 0 Å². The largest absolute Gasteiger partial charge is 0.381 e. The summed E-state index contributed by atoms with van der Waals surface area (Å²) in [7, 11) is 0. The first-order chi connectivity index (χ1) is 8.58. The maximum absolute atomic E-state index is 5.39. The van der Waals surface area contributed by atoms with E-state index in [-0.39, 0.29) is 0 Å². The highest BCUT2D eigenvalue weighted by Crippen LogP contribution is 2.10. The van der Waals surface area contributed by atoms with E-state index in [1.165, 1.54) is 26.1 Å². The Hall–Kier alpha value is -0.120. The van der Waals surface area contributed by atoms with E-state index in [0.717, 1.165) is 44.1 Å². The maximum atomic E-state index is 5.39. The van der Waals surface area contributed by atoms with Crippen LogP contribution in [-0.2, 0) is 4.74 Å². The van der Waals surface area contributed by atoms with Crippen LogP contribution in [0.5, 0.6) is 0 Å². The lowest BCUT2D eigenvalue weighted by Gasteiger charge is -2.26. The first kappa shape index (κ1) is 15.9. The Bertz CT molecular complexity index is 191. The minimum Gasteiger partial charge on any atom is -0.381 e. The van der Waals surface area contributed by atoms with Gasteiger partial charge in [0.2, 0.25) is 0 Å². The minimum atomic E-state index is 0.744. The van der Waals surface area contributed by atoms with E-state index in [1.807, 2.05) is 0 Å². The molecule has 0 saturated carbocycles. The van der Waals surface area contributed by atoms with E-state index in [1.54, 1.807) is 0 Å². The molecule has 0 aromatic rings. The second-order valence-corrected chi connectivity index (χ2v) is 6.48. The lowest BCUT2D eigenvalue weighted by molar-refractivity contribution is 0.184. The second kappa shape index (κ2) is 8.89. The van der Waals surface area contributed by atoms with Gasteiger partial charge in [-0.25, -0.2) is 0 Å². The average molecular weight is 256 g/mol. The number of hydrogen-bond acceptors (Lipinski definition) is 3. The molecule has 0 radical (unpaired) electrons. The van der Waals surface area contributed by atoms with Crippen LogP contribution in [0.4, 0.5) is 0 Å². The Morgan fingerprint density at radius 2 is 1.83 bits per heavy atom. The summed E-state index contributed by atoms with van der Waals surface area (Å²) in [5.74, 6) is 2.26. The zero-order chi connectivity index (χ0) is 13.4. The molecule has 0 spiro atoms. The molecule has 108 valence electrons. The molecule has 1 aliphatic heterocycles. The molecule has 18 heavy (non-hydrogen) atoms. The Labute approximate surface area is 113 Å². The van der Waals surface area contributed by atoms with Gasteiger partial charge in [0.15, 0.2) is 0 Å². The highest BCUT2D eigenvalue weighted by Gasteiger charge is 2.15. The van der Waals surface area contributed by atoms with E-state index >= 15 is 0 Å². The highest BCUT2D eigenvalue weighted by atomic mass is 16.5. The van der Waals surface area contributed by atoms with Crippen molar-refractivity contribution in [2.45, 2.75) is 34.1 Å². The average Bonchev–Trinajstić information content (AvgIpc) is 2.75. The first-order valence-corrected chi connectivity index (χ1v) is 7.58. The number of nitrogens with one attached hydrogen (secondary N) is 1. The number of nitrogens with zero attached hydrogens (tertiary/aromatic N) is 1. The van der Waals surface area contributed by atoms with Gasteiger partial charge in [-0.15, -0.1) is 0 Å². The van der Waals surface area contributed by atoms with Crippen LogP contribution in [0.15, 0.2) is 0 Å². The number of hydrogen-bond donors (Lipinski definition) is 1. The summed E-state index contributed by atoms with van der Waals surface area (Å²) < 4.78 is 5.39. The summed E-state index contributed by atoms with van der Waals surface area (Å²) in [5, 5.41) is 3.58. The molecule has 1 unspecified atom stereocenters. The standard InChI is InChI=1S/C15H32N2O/c1-13(2)10-17(11-14(3)4)7-6-16-9-15-5-8-18-12-15/h13-16H,5-12H2,1-4H3. The lowest BCUT2D eigenvalue weighted by atomic mass is 10.1. The lowest BCUT2D eigenvalue weighted by Crippen LogP contribution is -2.38. The van der Waals surface area contributed by atoms with E-state index in [0.29, 0.717) is 0 Å². The summed E-state index contributed by atoms with van der Waals surface area (Å²) in [6, 6.07) is 0. The van der Waals surface area contributed by atoms with Crippen LogP contribution in [0.3, 0.4) is 0 Å². The third-order valence-electron chi connectivity index (χ3n) is 3.31. The van der Waals surface area contributed by atoms with Crippen LogP contribution in [0.1, 0.15) is 34.1 Å². The Balaban J connectivity index is 2.11. The van der Waals surface area contributed by atoms with E-state index in [4.69, 9.17) is 4.74 Å². The molecule has 1 heterocycles. The predicted molar refractivity (Wildman–Crippen MR) is 77.9 cm³/mol. The van der Waals surface area contributed by atoms with Crippen molar-refractivity contribution < 1.29 is 4.74 Å². The van der Waals surface area contributed by atoms with Gasteiger partial charge in [-0.3, -0.25) is 0 Å². The third-order valence-corrected chi connectivity index (χ3v) is 3.31. The molecule has 0 bridgehead atoms. The molecule has 1 rings (SSSR count). The van der Waals surface area contributed by atoms with Gasteiger partial charge >= 0.3 is 0 Å². The van der Waals surface area contributed by atoms with Crippen LogP contribution in [0.25, 0.3) is 0 Å². The van der Waals surface area contributed by atoms with Gasteiger partial charge in [-0.05, 0) is 24.2 Å². The van der Waals surface area contributed by atoms with Gasteiger partial charge in [-0.2, -0.15) is 0 Å². The van der Waals surface area contributed by atoms with Crippen LogP contribution in [-0.4, -0.2) is 50.8 Å². The monoisotopic (exact) mass is 256 g/mol. The molecule has 0 aliphatic carbocycles. The Kier molecular flexibility index (Phi) is 7.87. The minimum absolute atomic E-state index is 0.744. The van der Waals surface area contributed by atoms with Crippen molar-refractivity contribution in [3.8, 4) is 0 Å². The van der Waals surface area contributed by atoms with Gasteiger partial charge in [0.1, 0.15) is 0 Å². The van der Waals surface area contributed by atoms with E-state index in [9.17, 15) is 0 Å². The molecular weight excluding hydrogens is 224 g/mol. The summed E-state index contributed by atoms with van der Waals surface area (Å²) >= 11 is 0. The van der Waals surface area contributed by atoms with Crippen molar-refractivity contribution in [3.63, 3.8) is 0 Å². The Morgan fingerprint density at radius 3 is 2.33 bits per heavy atom. The van der Waals surface area contributed by atoms with Crippen molar-refractivity contribution in [1.29, 1.82) is 0 Å². The fourth-order valence-electron chi connectivity index (χ4n) is 2.58. The number of ether oxygens (including phenoxy) is 1. The SMILES string of the molecule is CC(C)CN(CCNCC1CCOC1)CC(C)C. The molecule has 0 aromatic carbocycles. The van der Waals surface area contributed by atoms with Crippen molar-refractivity contribution in [2.24, 2.45) is 17.8 Å². The normalized spacial score (nSPS) is 20.5. The molecule has 1 fully saturated rings. The van der Waals surface area contributed by atoms with Gasteiger partial charge in [0.25, 0.3) is 0 Å². The van der Waals surface area contributed by atoms with Crippen LogP contribution in [0, 0.1) is 17.8 Å². The molecular formula is C15H32N2O. The van der Waals surface area contributed by atoms with Gasteiger partial charge in [-0.1, -0.05) is 27.7 Å². The summed E-state index contributed by atoms with van der Waals surface area (Å²) in [4.78, 5) is 2.59. The molecule has 0 amide bonds. The summed E-state index contributed by atoms with van der Waals surface area (Å²) in [6.07, 6.45) is 1.23. The molecule has 3 nitrogen and oxygen atoms in total. The molecule has 1 saturated heterocycles. The molecule has 0 aromatic heterocycles. The second-order valence-electron chi connectivity index (χ2n) is 6.48. The van der Waals surface area contributed by atoms with Crippen LogP contribution >= 0.6 is 0 Å². The quantitative estimate of drug-likeness (QED) is 0.640. The van der Waals surface area contributed by atoms with Crippen molar-refractivity contribution >= 4 is 0 Å². The molecule has 1 atom stereocenters. The highest BCUT2D eigenvalue weighted by molar-refractivity contribution is 4.68.